The van der Waals surface area contributed by atoms with Gasteiger partial charge in [-0.15, -0.1) is 11.3 Å². The third-order valence-electron chi connectivity index (χ3n) is 7.22. The summed E-state index contributed by atoms with van der Waals surface area (Å²) in [6, 6.07) is 2.07. The molecule has 0 amide bonds. The highest BCUT2D eigenvalue weighted by atomic mass is 32.1. The van der Waals surface area contributed by atoms with Crippen LogP contribution < -0.4 is 10.6 Å². The van der Waals surface area contributed by atoms with Crippen LogP contribution in [0.2, 0.25) is 0 Å². The van der Waals surface area contributed by atoms with Gasteiger partial charge in [0.1, 0.15) is 0 Å². The molecule has 3 saturated heterocycles. The van der Waals surface area contributed by atoms with Gasteiger partial charge in [-0.1, -0.05) is 6.42 Å². The second kappa shape index (κ2) is 9.75. The third-order valence-corrected chi connectivity index (χ3v) is 8.04. The predicted molar refractivity (Wildman–Crippen MR) is 122 cm³/mol. The molecule has 29 heavy (non-hydrogen) atoms. The number of likely N-dealkylation sites (tertiary alicyclic amines) is 1. The fourth-order valence-electron chi connectivity index (χ4n) is 5.42. The zero-order valence-corrected chi connectivity index (χ0v) is 19.2. The lowest BCUT2D eigenvalue weighted by molar-refractivity contribution is 0.0526. The number of aliphatic imine (C=N–C) groups is 1. The van der Waals surface area contributed by atoms with Crippen molar-refractivity contribution < 1.29 is 0 Å². The number of rotatable bonds is 5. The minimum Gasteiger partial charge on any atom is -0.356 e. The van der Waals surface area contributed by atoms with Crippen LogP contribution in [0.25, 0.3) is 0 Å². The van der Waals surface area contributed by atoms with E-state index in [0.29, 0.717) is 6.04 Å². The lowest BCUT2D eigenvalue weighted by Crippen LogP contribution is -2.57. The lowest BCUT2D eigenvalue weighted by Gasteiger charge is -2.47. The molecule has 0 aliphatic carbocycles. The summed E-state index contributed by atoms with van der Waals surface area (Å²) in [4.78, 5) is 14.3. The Morgan fingerprint density at radius 3 is 2.55 bits per heavy atom. The third kappa shape index (κ3) is 5.50. The van der Waals surface area contributed by atoms with Gasteiger partial charge in [0.15, 0.2) is 5.96 Å². The lowest BCUT2D eigenvalue weighted by atomic mass is 9.82. The van der Waals surface area contributed by atoms with Crippen molar-refractivity contribution in [3.63, 3.8) is 0 Å². The van der Waals surface area contributed by atoms with Crippen molar-refractivity contribution in [1.29, 1.82) is 0 Å². The van der Waals surface area contributed by atoms with Gasteiger partial charge in [0.2, 0.25) is 0 Å². The maximum Gasteiger partial charge on any atom is 0.191 e. The highest BCUT2D eigenvalue weighted by Gasteiger charge is 2.36. The molecular weight excluding hydrogens is 380 g/mol. The predicted octanol–water partition coefficient (Wildman–Crippen LogP) is 2.84. The average Bonchev–Trinajstić information content (AvgIpc) is 3.11. The molecule has 1 aromatic heterocycles. The van der Waals surface area contributed by atoms with Crippen LogP contribution in [-0.2, 0) is 6.54 Å². The van der Waals surface area contributed by atoms with Gasteiger partial charge in [0.25, 0.3) is 0 Å². The van der Waals surface area contributed by atoms with Crippen LogP contribution in [0.4, 0.5) is 0 Å². The number of aryl methyl sites for hydroxylation is 1. The summed E-state index contributed by atoms with van der Waals surface area (Å²) in [5.74, 6) is 1.73. The van der Waals surface area contributed by atoms with Gasteiger partial charge in [-0.05, 0) is 71.5 Å². The first-order chi connectivity index (χ1) is 14.1. The van der Waals surface area contributed by atoms with E-state index in [0.717, 1.165) is 37.1 Å². The number of piperidine rings is 3. The number of nitrogens with one attached hydrogen (secondary N) is 2. The molecule has 3 aliphatic rings. The van der Waals surface area contributed by atoms with Crippen LogP contribution in [0.1, 0.15) is 55.6 Å². The number of hydrogen-bond acceptors (Lipinski definition) is 5. The van der Waals surface area contributed by atoms with E-state index in [-0.39, 0.29) is 0 Å². The van der Waals surface area contributed by atoms with Crippen molar-refractivity contribution in [2.24, 2.45) is 10.9 Å². The van der Waals surface area contributed by atoms with E-state index in [9.17, 15) is 0 Å². The van der Waals surface area contributed by atoms with Crippen molar-refractivity contribution in [2.75, 3.05) is 33.7 Å². The second-order valence-corrected chi connectivity index (χ2v) is 10.3. The molecule has 2 N–H and O–H groups in total. The number of guanidine groups is 1. The minimum atomic E-state index is 0.566. The highest BCUT2D eigenvalue weighted by molar-refractivity contribution is 7.09. The molecule has 2 atom stereocenters. The van der Waals surface area contributed by atoms with E-state index >= 15 is 0 Å². The number of hydrogen-bond donors (Lipinski definition) is 2. The van der Waals surface area contributed by atoms with E-state index < -0.39 is 0 Å². The van der Waals surface area contributed by atoms with Crippen molar-refractivity contribution in [2.45, 2.75) is 76.5 Å². The zero-order chi connectivity index (χ0) is 20.2. The maximum absolute atomic E-state index is 4.61. The zero-order valence-electron chi connectivity index (χ0n) is 18.4. The topological polar surface area (TPSA) is 55.8 Å². The Hall–Kier alpha value is -1.18. The molecule has 0 radical (unpaired) electrons. The molecular formula is C22H38N6S. The van der Waals surface area contributed by atoms with Crippen LogP contribution in [0.3, 0.4) is 0 Å². The van der Waals surface area contributed by atoms with Crippen LogP contribution in [-0.4, -0.2) is 72.6 Å². The molecule has 4 heterocycles. The van der Waals surface area contributed by atoms with E-state index in [1.807, 2.05) is 7.05 Å². The monoisotopic (exact) mass is 418 g/mol. The molecule has 6 nitrogen and oxygen atoms in total. The van der Waals surface area contributed by atoms with Gasteiger partial charge >= 0.3 is 0 Å². The largest absolute Gasteiger partial charge is 0.356 e. The maximum atomic E-state index is 4.61. The molecule has 0 aromatic carbocycles. The van der Waals surface area contributed by atoms with E-state index in [4.69, 9.17) is 0 Å². The van der Waals surface area contributed by atoms with Crippen LogP contribution in [0.15, 0.2) is 10.4 Å². The summed E-state index contributed by atoms with van der Waals surface area (Å²) in [7, 11) is 4.23. The normalized spacial score (nSPS) is 29.8. The van der Waals surface area contributed by atoms with Gasteiger partial charge in [-0.2, -0.15) is 0 Å². The number of nitrogens with zero attached hydrogens (tertiary/aromatic N) is 4. The van der Waals surface area contributed by atoms with Crippen molar-refractivity contribution >= 4 is 17.3 Å². The Bertz CT molecular complexity index is 667. The summed E-state index contributed by atoms with van der Waals surface area (Å²) in [5, 5.41) is 10.7. The van der Waals surface area contributed by atoms with Gasteiger partial charge in [-0.25, -0.2) is 4.98 Å². The fraction of sp³-hybridized carbons (Fsp3) is 0.818. The number of aromatic nitrogens is 1. The van der Waals surface area contributed by atoms with Gasteiger partial charge in [0.05, 0.1) is 10.7 Å². The summed E-state index contributed by atoms with van der Waals surface area (Å²) in [5.41, 5.74) is 1.23. The number of thiazole rings is 1. The Balaban J connectivity index is 1.18. The summed E-state index contributed by atoms with van der Waals surface area (Å²) in [6.45, 7) is 6.47. The number of fused-ring (bicyclic) bond motifs is 2. The molecule has 0 saturated carbocycles. The molecule has 162 valence electrons. The second-order valence-electron chi connectivity index (χ2n) is 9.25. The van der Waals surface area contributed by atoms with Crippen molar-refractivity contribution in [3.05, 3.63) is 16.1 Å². The summed E-state index contributed by atoms with van der Waals surface area (Å²) >= 11 is 1.76. The van der Waals surface area contributed by atoms with Crippen LogP contribution >= 0.6 is 11.3 Å². The highest BCUT2D eigenvalue weighted by Crippen LogP contribution is 2.32. The summed E-state index contributed by atoms with van der Waals surface area (Å²) < 4.78 is 0. The summed E-state index contributed by atoms with van der Waals surface area (Å²) in [6.07, 6.45) is 9.13. The SMILES string of the molecule is CN=C(NCC1CCN(Cc2csc(C)n2)CC1)NC1CC2CCCC(C1)N2C. The molecule has 4 rings (SSSR count). The minimum absolute atomic E-state index is 0.566. The molecule has 7 heteroatoms. The van der Waals surface area contributed by atoms with Gasteiger partial charge < -0.3 is 15.5 Å². The van der Waals surface area contributed by atoms with Crippen LogP contribution in [0, 0.1) is 12.8 Å². The van der Waals surface area contributed by atoms with Crippen molar-refractivity contribution in [3.8, 4) is 0 Å². The quantitative estimate of drug-likeness (QED) is 0.569. The van der Waals surface area contributed by atoms with E-state index in [1.165, 1.54) is 68.7 Å². The Labute approximate surface area is 180 Å². The standard InChI is InChI=1S/C22H38N6S/c1-16-25-19(15-29-16)14-28-9-7-17(8-10-28)13-24-22(23-2)26-18-11-20-5-4-6-21(12-18)27(20)3/h15,17-18,20-21H,4-14H2,1-3H3,(H2,23,24,26). The molecule has 2 bridgehead atoms. The van der Waals surface area contributed by atoms with Crippen LogP contribution in [0.5, 0.6) is 0 Å². The molecule has 1 aromatic rings. The van der Waals surface area contributed by atoms with Gasteiger partial charge in [-0.3, -0.25) is 9.89 Å². The fourth-order valence-corrected chi connectivity index (χ4v) is 6.03. The first-order valence-electron chi connectivity index (χ1n) is 11.4. The van der Waals surface area contributed by atoms with Crippen molar-refractivity contribution in [1.82, 2.24) is 25.4 Å². The Kier molecular flexibility index (Phi) is 7.08. The molecule has 2 unspecified atom stereocenters. The van der Waals surface area contributed by atoms with Gasteiger partial charge in [0, 0.05) is 43.6 Å². The van der Waals surface area contributed by atoms with E-state index in [1.54, 1.807) is 11.3 Å². The average molecular weight is 419 g/mol. The Morgan fingerprint density at radius 1 is 1.21 bits per heavy atom. The molecule has 0 spiro atoms. The first kappa shape index (κ1) is 21.1. The Morgan fingerprint density at radius 2 is 1.93 bits per heavy atom. The smallest absolute Gasteiger partial charge is 0.191 e. The molecule has 3 fully saturated rings. The molecule has 3 aliphatic heterocycles. The first-order valence-corrected chi connectivity index (χ1v) is 12.3. The van der Waals surface area contributed by atoms with E-state index in [2.05, 4.69) is 49.8 Å².